The summed E-state index contributed by atoms with van der Waals surface area (Å²) in [6, 6.07) is 6.80. The Kier molecular flexibility index (Phi) is 9.33. The van der Waals surface area contributed by atoms with Crippen LogP contribution in [0.15, 0.2) is 35.9 Å². The van der Waals surface area contributed by atoms with Gasteiger partial charge in [0.1, 0.15) is 18.0 Å². The molecule has 9 heteroatoms. The highest BCUT2D eigenvalue weighted by atomic mass is 127. The van der Waals surface area contributed by atoms with Gasteiger partial charge in [-0.25, -0.2) is 0 Å². The first-order valence-electron chi connectivity index (χ1n) is 11.0. The third-order valence-electron chi connectivity index (χ3n) is 5.76. The lowest BCUT2D eigenvalue weighted by atomic mass is 9.87. The summed E-state index contributed by atoms with van der Waals surface area (Å²) in [6.07, 6.45) is 2.00. The fourth-order valence-corrected chi connectivity index (χ4v) is 4.61. The summed E-state index contributed by atoms with van der Waals surface area (Å²) in [5, 5.41) is 23.0. The fourth-order valence-electron chi connectivity index (χ4n) is 4.10. The van der Waals surface area contributed by atoms with E-state index in [4.69, 9.17) is 14.6 Å². The van der Waals surface area contributed by atoms with Crippen LogP contribution in [0.3, 0.4) is 0 Å². The van der Waals surface area contributed by atoms with Gasteiger partial charge in [0.25, 0.3) is 0 Å². The van der Waals surface area contributed by atoms with Gasteiger partial charge in [-0.3, -0.25) is 9.59 Å². The van der Waals surface area contributed by atoms with Crippen molar-refractivity contribution in [1.29, 1.82) is 0 Å². The van der Waals surface area contributed by atoms with Crippen LogP contribution < -0.4 is 10.1 Å². The van der Waals surface area contributed by atoms with E-state index in [-0.39, 0.29) is 43.9 Å². The van der Waals surface area contributed by atoms with E-state index < -0.39 is 18.2 Å². The van der Waals surface area contributed by atoms with Crippen molar-refractivity contribution in [2.75, 3.05) is 26.3 Å². The largest absolute Gasteiger partial charge is 0.482 e. The number of aliphatic hydroxyl groups excluding tert-OH is 2. The number of aliphatic hydroxyl groups is 2. The number of hydrogen-bond acceptors (Lipinski definition) is 6. The van der Waals surface area contributed by atoms with Crippen LogP contribution in [0.4, 0.5) is 0 Å². The Morgan fingerprint density at radius 1 is 1.34 bits per heavy atom. The quantitative estimate of drug-likeness (QED) is 0.398. The van der Waals surface area contributed by atoms with Gasteiger partial charge in [-0.15, -0.1) is 0 Å². The molecule has 0 saturated carbocycles. The maximum Gasteiger partial charge on any atom is 0.247 e. The lowest BCUT2D eigenvalue weighted by Gasteiger charge is -2.41. The molecule has 8 nitrogen and oxygen atoms in total. The van der Waals surface area contributed by atoms with Crippen molar-refractivity contribution in [3.63, 3.8) is 0 Å². The second-order valence-electron chi connectivity index (χ2n) is 7.98. The van der Waals surface area contributed by atoms with Crippen molar-refractivity contribution in [3.05, 3.63) is 39.5 Å². The average molecular weight is 558 g/mol. The molecule has 1 fully saturated rings. The molecular formula is C23H31IN2O6. The minimum atomic E-state index is -1.02. The number of nitrogens with zero attached hydrogens (tertiary/aromatic N) is 1. The molecule has 1 aromatic carbocycles. The highest BCUT2D eigenvalue weighted by Crippen LogP contribution is 2.30. The van der Waals surface area contributed by atoms with Crippen LogP contribution >= 0.6 is 22.6 Å². The molecule has 1 aliphatic heterocycles. The molecule has 3 N–H and O–H groups in total. The van der Waals surface area contributed by atoms with E-state index in [0.29, 0.717) is 24.5 Å². The van der Waals surface area contributed by atoms with Gasteiger partial charge in [0.05, 0.1) is 22.3 Å². The summed E-state index contributed by atoms with van der Waals surface area (Å²) in [5.41, 5.74) is 0.422. The van der Waals surface area contributed by atoms with Gasteiger partial charge in [-0.2, -0.15) is 0 Å². The van der Waals surface area contributed by atoms with Crippen LogP contribution in [0.25, 0.3) is 0 Å². The maximum absolute atomic E-state index is 12.9. The normalized spacial score (nSPS) is 25.2. The average Bonchev–Trinajstić information content (AvgIpc) is 3.31. The predicted molar refractivity (Wildman–Crippen MR) is 127 cm³/mol. The molecule has 0 aromatic heterocycles. The van der Waals surface area contributed by atoms with Crippen LogP contribution in [0.5, 0.6) is 5.75 Å². The summed E-state index contributed by atoms with van der Waals surface area (Å²) in [4.78, 5) is 27.3. The third-order valence-corrected chi connectivity index (χ3v) is 6.65. The summed E-state index contributed by atoms with van der Waals surface area (Å²) in [5.74, 6) is 0.152. The van der Waals surface area contributed by atoms with Crippen LogP contribution in [-0.2, 0) is 14.3 Å². The Morgan fingerprint density at radius 2 is 2.12 bits per heavy atom. The van der Waals surface area contributed by atoms with Crippen molar-refractivity contribution in [2.24, 2.45) is 0 Å². The number of nitrogens with one attached hydrogen (secondary N) is 1. The number of hydrogen-bond donors (Lipinski definition) is 3. The smallest absolute Gasteiger partial charge is 0.247 e. The molecule has 0 radical (unpaired) electrons. The van der Waals surface area contributed by atoms with Crippen molar-refractivity contribution >= 4 is 34.4 Å². The Morgan fingerprint density at radius 3 is 2.78 bits per heavy atom. The lowest BCUT2D eigenvalue weighted by Crippen LogP contribution is -2.56. The van der Waals surface area contributed by atoms with Crippen LogP contribution in [-0.4, -0.2) is 77.6 Å². The highest BCUT2D eigenvalue weighted by molar-refractivity contribution is 14.1. The van der Waals surface area contributed by atoms with Crippen LogP contribution in [0.1, 0.15) is 32.6 Å². The number of rotatable bonds is 9. The standard InChI is InChI=1S/C23H31IN2O6/c1-2-21(28)26(14-16-6-5-11-31-16)18-12-15(23(30)25-9-10-27)13-20(22(18)29)32-19-8-4-3-7-17(19)24/h3-4,7-8,13,16,18,20,22,27,29H,2,5-6,9-12,14H2,1H3,(H,25,30). The lowest BCUT2D eigenvalue weighted by molar-refractivity contribution is -0.140. The van der Waals surface area contributed by atoms with Crippen LogP contribution in [0, 0.1) is 3.57 Å². The molecule has 1 saturated heterocycles. The minimum Gasteiger partial charge on any atom is -0.482 e. The molecular weight excluding hydrogens is 527 g/mol. The maximum atomic E-state index is 12.9. The Balaban J connectivity index is 1.89. The first kappa shape index (κ1) is 24.9. The van der Waals surface area contributed by atoms with Gasteiger partial charge in [0.15, 0.2) is 0 Å². The Bertz CT molecular complexity index is 826. The van der Waals surface area contributed by atoms with E-state index in [1.54, 1.807) is 24.0 Å². The van der Waals surface area contributed by atoms with Crippen molar-refractivity contribution in [1.82, 2.24) is 10.2 Å². The molecule has 4 unspecified atom stereocenters. The van der Waals surface area contributed by atoms with E-state index in [1.165, 1.54) is 0 Å². The van der Waals surface area contributed by atoms with E-state index in [1.807, 2.05) is 18.2 Å². The summed E-state index contributed by atoms with van der Waals surface area (Å²) in [6.45, 7) is 2.77. The molecule has 1 heterocycles. The number of para-hydroxylation sites is 1. The molecule has 0 spiro atoms. The van der Waals surface area contributed by atoms with Gasteiger partial charge in [0, 0.05) is 38.1 Å². The van der Waals surface area contributed by atoms with Crippen molar-refractivity contribution in [3.8, 4) is 5.75 Å². The number of carbonyl (C=O) groups is 2. The zero-order valence-corrected chi connectivity index (χ0v) is 20.4. The third kappa shape index (κ3) is 6.21. The van der Waals surface area contributed by atoms with Gasteiger partial charge in [-0.05, 0) is 53.6 Å². The van der Waals surface area contributed by atoms with Gasteiger partial charge in [-0.1, -0.05) is 19.1 Å². The number of amides is 2. The summed E-state index contributed by atoms with van der Waals surface area (Å²) < 4.78 is 12.7. The molecule has 1 aliphatic carbocycles. The van der Waals surface area contributed by atoms with Crippen molar-refractivity contribution < 1.29 is 29.3 Å². The first-order chi connectivity index (χ1) is 15.4. The molecule has 3 rings (SSSR count). The zero-order valence-electron chi connectivity index (χ0n) is 18.2. The van der Waals surface area contributed by atoms with Gasteiger partial charge >= 0.3 is 0 Å². The molecule has 1 aromatic rings. The molecule has 2 aliphatic rings. The molecule has 2 amide bonds. The number of halogens is 1. The zero-order chi connectivity index (χ0) is 23.1. The van der Waals surface area contributed by atoms with Gasteiger partial charge < -0.3 is 29.9 Å². The SMILES string of the molecule is CCC(=O)N(CC1CCCO1)C1CC(C(=O)NCCO)=CC(Oc2ccccc2I)C1O. The fraction of sp³-hybridized carbons (Fsp3) is 0.565. The number of ether oxygens (including phenoxy) is 2. The molecule has 4 atom stereocenters. The predicted octanol–water partition coefficient (Wildman–Crippen LogP) is 1.62. The van der Waals surface area contributed by atoms with E-state index in [2.05, 4.69) is 27.9 Å². The molecule has 32 heavy (non-hydrogen) atoms. The number of benzene rings is 1. The summed E-state index contributed by atoms with van der Waals surface area (Å²) in [7, 11) is 0. The number of carbonyl (C=O) groups excluding carboxylic acids is 2. The Hall–Kier alpha value is -1.69. The Labute approximate surface area is 202 Å². The van der Waals surface area contributed by atoms with E-state index >= 15 is 0 Å². The van der Waals surface area contributed by atoms with Crippen LogP contribution in [0.2, 0.25) is 0 Å². The van der Waals surface area contributed by atoms with E-state index in [9.17, 15) is 14.7 Å². The van der Waals surface area contributed by atoms with Gasteiger partial charge in [0.2, 0.25) is 11.8 Å². The van der Waals surface area contributed by atoms with E-state index in [0.717, 1.165) is 16.4 Å². The molecule has 176 valence electrons. The highest BCUT2D eigenvalue weighted by Gasteiger charge is 2.41. The summed E-state index contributed by atoms with van der Waals surface area (Å²) >= 11 is 2.15. The minimum absolute atomic E-state index is 0.0790. The molecule has 0 bridgehead atoms. The van der Waals surface area contributed by atoms with Crippen molar-refractivity contribution in [2.45, 2.75) is 57.0 Å². The topological polar surface area (TPSA) is 108 Å². The second kappa shape index (κ2) is 12.0. The monoisotopic (exact) mass is 558 g/mol. The first-order valence-corrected chi connectivity index (χ1v) is 12.1. The second-order valence-corrected chi connectivity index (χ2v) is 9.14.